The zero-order valence-electron chi connectivity index (χ0n) is 12.4. The number of nitrogens with one attached hydrogen (secondary N) is 1. The van der Waals surface area contributed by atoms with Gasteiger partial charge in [0.05, 0.1) is 6.54 Å². The van der Waals surface area contributed by atoms with Gasteiger partial charge in [0.15, 0.2) is 0 Å². The SMILES string of the molecule is Cc1ccc(CN2CCCC(CNCC(=O)O)C2)c(Cl)c1. The van der Waals surface area contributed by atoms with Crippen LogP contribution in [0.1, 0.15) is 24.0 Å². The average molecular weight is 311 g/mol. The first kappa shape index (κ1) is 16.3. The van der Waals surface area contributed by atoms with Crippen molar-refractivity contribution in [3.8, 4) is 0 Å². The molecule has 1 saturated heterocycles. The molecule has 2 rings (SSSR count). The van der Waals surface area contributed by atoms with Gasteiger partial charge in [0.25, 0.3) is 0 Å². The third-order valence-electron chi connectivity index (χ3n) is 3.91. The zero-order valence-corrected chi connectivity index (χ0v) is 13.2. The predicted molar refractivity (Wildman–Crippen MR) is 84.7 cm³/mol. The standard InChI is InChI=1S/C16H23ClN2O2/c1-12-4-5-14(15(17)7-12)11-19-6-2-3-13(10-19)8-18-9-16(20)21/h4-5,7,13,18H,2-3,6,8-11H2,1H3,(H,20,21). The van der Waals surface area contributed by atoms with Crippen LogP contribution in [0.25, 0.3) is 0 Å². The molecular formula is C16H23ClN2O2. The molecule has 2 N–H and O–H groups in total. The molecule has 0 spiro atoms. The molecule has 0 aliphatic carbocycles. The largest absolute Gasteiger partial charge is 0.480 e. The van der Waals surface area contributed by atoms with Gasteiger partial charge in [0, 0.05) is 18.1 Å². The normalized spacial score (nSPS) is 19.6. The summed E-state index contributed by atoms with van der Waals surface area (Å²) in [5, 5.41) is 12.5. The fourth-order valence-electron chi connectivity index (χ4n) is 2.87. The second-order valence-corrected chi connectivity index (χ2v) is 6.27. The molecule has 1 fully saturated rings. The van der Waals surface area contributed by atoms with E-state index in [1.807, 2.05) is 13.0 Å². The number of aliphatic carboxylic acids is 1. The van der Waals surface area contributed by atoms with Crippen molar-refractivity contribution in [1.82, 2.24) is 10.2 Å². The molecule has 1 heterocycles. The van der Waals surface area contributed by atoms with Crippen molar-refractivity contribution in [1.29, 1.82) is 0 Å². The van der Waals surface area contributed by atoms with E-state index in [-0.39, 0.29) is 6.54 Å². The summed E-state index contributed by atoms with van der Waals surface area (Å²) in [7, 11) is 0. The van der Waals surface area contributed by atoms with Gasteiger partial charge in [-0.05, 0) is 56.0 Å². The minimum absolute atomic E-state index is 0.0420. The third-order valence-corrected chi connectivity index (χ3v) is 4.27. The van der Waals surface area contributed by atoms with Crippen LogP contribution in [0.3, 0.4) is 0 Å². The van der Waals surface area contributed by atoms with E-state index in [4.69, 9.17) is 16.7 Å². The Labute approximate surface area is 131 Å². The molecule has 1 aromatic carbocycles. The van der Waals surface area contributed by atoms with Crippen molar-refractivity contribution in [3.05, 3.63) is 34.3 Å². The summed E-state index contributed by atoms with van der Waals surface area (Å²) in [6, 6.07) is 6.20. The molecule has 1 unspecified atom stereocenters. The minimum atomic E-state index is -0.797. The van der Waals surface area contributed by atoms with Gasteiger partial charge in [0.2, 0.25) is 0 Å². The van der Waals surface area contributed by atoms with Crippen LogP contribution in [0.2, 0.25) is 5.02 Å². The van der Waals surface area contributed by atoms with Crippen LogP contribution in [0, 0.1) is 12.8 Å². The number of nitrogens with zero attached hydrogens (tertiary/aromatic N) is 1. The van der Waals surface area contributed by atoms with Gasteiger partial charge in [-0.2, -0.15) is 0 Å². The van der Waals surface area contributed by atoms with Crippen LogP contribution in [0.4, 0.5) is 0 Å². The Balaban J connectivity index is 1.84. The summed E-state index contributed by atoms with van der Waals surface area (Å²) < 4.78 is 0. The van der Waals surface area contributed by atoms with E-state index in [2.05, 4.69) is 22.3 Å². The lowest BCUT2D eigenvalue weighted by molar-refractivity contribution is -0.136. The van der Waals surface area contributed by atoms with E-state index < -0.39 is 5.97 Å². The van der Waals surface area contributed by atoms with E-state index >= 15 is 0 Å². The second kappa shape index (κ2) is 7.78. The lowest BCUT2D eigenvalue weighted by Crippen LogP contribution is -2.40. The van der Waals surface area contributed by atoms with E-state index in [1.54, 1.807) is 0 Å². The molecule has 1 aliphatic heterocycles. The summed E-state index contributed by atoms with van der Waals surface area (Å²) in [6.07, 6.45) is 2.31. The highest BCUT2D eigenvalue weighted by Gasteiger charge is 2.20. The lowest BCUT2D eigenvalue weighted by Gasteiger charge is -2.33. The molecule has 0 amide bonds. The predicted octanol–water partition coefficient (Wildman–Crippen LogP) is 2.53. The third kappa shape index (κ3) is 5.30. The number of hydrogen-bond donors (Lipinski definition) is 2. The number of halogens is 1. The smallest absolute Gasteiger partial charge is 0.317 e. The Morgan fingerprint density at radius 2 is 2.33 bits per heavy atom. The maximum absolute atomic E-state index is 10.5. The summed E-state index contributed by atoms with van der Waals surface area (Å²) >= 11 is 6.30. The molecule has 1 atom stereocenters. The van der Waals surface area contributed by atoms with E-state index in [1.165, 1.54) is 11.1 Å². The maximum atomic E-state index is 10.5. The van der Waals surface area contributed by atoms with Gasteiger partial charge in [-0.15, -0.1) is 0 Å². The first-order valence-corrected chi connectivity index (χ1v) is 7.82. The van der Waals surface area contributed by atoms with Gasteiger partial charge >= 0.3 is 5.97 Å². The molecule has 0 saturated carbocycles. The van der Waals surface area contributed by atoms with Crippen LogP contribution in [-0.2, 0) is 11.3 Å². The number of aryl methyl sites for hydroxylation is 1. The van der Waals surface area contributed by atoms with Gasteiger partial charge in [-0.1, -0.05) is 23.7 Å². The van der Waals surface area contributed by atoms with Crippen LogP contribution >= 0.6 is 11.6 Å². The van der Waals surface area contributed by atoms with E-state index in [9.17, 15) is 4.79 Å². The number of rotatable bonds is 6. The van der Waals surface area contributed by atoms with Gasteiger partial charge < -0.3 is 10.4 Å². The number of carboxylic acid groups (broad SMARTS) is 1. The van der Waals surface area contributed by atoms with Crippen LogP contribution in [0.5, 0.6) is 0 Å². The van der Waals surface area contributed by atoms with Crippen molar-refractivity contribution in [2.45, 2.75) is 26.3 Å². The highest BCUT2D eigenvalue weighted by Crippen LogP contribution is 2.22. The molecule has 1 aromatic rings. The fraction of sp³-hybridized carbons (Fsp3) is 0.562. The summed E-state index contributed by atoms with van der Waals surface area (Å²) in [4.78, 5) is 12.9. The van der Waals surface area contributed by atoms with E-state index in [0.717, 1.165) is 44.0 Å². The van der Waals surface area contributed by atoms with E-state index in [0.29, 0.717) is 5.92 Å². The summed E-state index contributed by atoms with van der Waals surface area (Å²) in [5.41, 5.74) is 2.35. The number of carbonyl (C=O) groups is 1. The van der Waals surface area contributed by atoms with Crippen molar-refractivity contribution in [2.24, 2.45) is 5.92 Å². The topological polar surface area (TPSA) is 52.6 Å². The molecule has 1 aliphatic rings. The Morgan fingerprint density at radius 1 is 1.52 bits per heavy atom. The quantitative estimate of drug-likeness (QED) is 0.848. The van der Waals surface area contributed by atoms with Gasteiger partial charge in [-0.3, -0.25) is 9.69 Å². The Hall–Kier alpha value is -1.10. The van der Waals surface area contributed by atoms with Crippen LogP contribution < -0.4 is 5.32 Å². The molecule has 0 bridgehead atoms. The van der Waals surface area contributed by atoms with Crippen molar-refractivity contribution in [2.75, 3.05) is 26.2 Å². The van der Waals surface area contributed by atoms with Gasteiger partial charge in [-0.25, -0.2) is 0 Å². The highest BCUT2D eigenvalue weighted by molar-refractivity contribution is 6.31. The monoisotopic (exact) mass is 310 g/mol. The number of likely N-dealkylation sites (tertiary alicyclic amines) is 1. The maximum Gasteiger partial charge on any atom is 0.317 e. The van der Waals surface area contributed by atoms with Crippen LogP contribution in [0.15, 0.2) is 18.2 Å². The Morgan fingerprint density at radius 3 is 3.05 bits per heavy atom. The van der Waals surface area contributed by atoms with Crippen molar-refractivity contribution < 1.29 is 9.90 Å². The fourth-order valence-corrected chi connectivity index (χ4v) is 3.16. The molecule has 21 heavy (non-hydrogen) atoms. The molecular weight excluding hydrogens is 288 g/mol. The van der Waals surface area contributed by atoms with Gasteiger partial charge in [0.1, 0.15) is 0 Å². The average Bonchev–Trinajstić information content (AvgIpc) is 2.42. The number of carboxylic acids is 1. The molecule has 4 nitrogen and oxygen atoms in total. The van der Waals surface area contributed by atoms with Crippen molar-refractivity contribution in [3.63, 3.8) is 0 Å². The molecule has 116 valence electrons. The van der Waals surface area contributed by atoms with Crippen LogP contribution in [-0.4, -0.2) is 42.2 Å². The molecule has 0 radical (unpaired) electrons. The zero-order chi connectivity index (χ0) is 15.2. The Kier molecular flexibility index (Phi) is 6.03. The number of piperidine rings is 1. The van der Waals surface area contributed by atoms with Crippen molar-refractivity contribution >= 4 is 17.6 Å². The second-order valence-electron chi connectivity index (χ2n) is 5.86. The minimum Gasteiger partial charge on any atom is -0.480 e. The molecule has 5 heteroatoms. The lowest BCUT2D eigenvalue weighted by atomic mass is 9.97. The first-order chi connectivity index (χ1) is 10.0. The number of benzene rings is 1. The summed E-state index contributed by atoms with van der Waals surface area (Å²) in [5.74, 6) is -0.281. The molecule has 0 aromatic heterocycles. The highest BCUT2D eigenvalue weighted by atomic mass is 35.5. The Bertz CT molecular complexity index is 493. The summed E-state index contributed by atoms with van der Waals surface area (Å²) in [6.45, 7) is 5.80. The number of hydrogen-bond acceptors (Lipinski definition) is 3. The first-order valence-electron chi connectivity index (χ1n) is 7.44.